The topological polar surface area (TPSA) is 95.5 Å². The molecule has 0 unspecified atom stereocenters. The Morgan fingerprint density at radius 3 is 2.67 bits per heavy atom. The third-order valence-corrected chi connectivity index (χ3v) is 4.47. The molecule has 0 saturated carbocycles. The molecule has 0 spiro atoms. The van der Waals surface area contributed by atoms with E-state index in [-0.39, 0.29) is 16.7 Å². The summed E-state index contributed by atoms with van der Waals surface area (Å²) in [6.45, 7) is 3.62. The highest BCUT2D eigenvalue weighted by atomic mass is 32.2. The van der Waals surface area contributed by atoms with Gasteiger partial charge < -0.3 is 14.6 Å². The predicted molar refractivity (Wildman–Crippen MR) is 77.1 cm³/mol. The fourth-order valence-corrected chi connectivity index (χ4v) is 3.11. The van der Waals surface area contributed by atoms with E-state index in [0.717, 1.165) is 6.08 Å². The third kappa shape index (κ3) is 4.87. The molecule has 1 rings (SSSR count). The van der Waals surface area contributed by atoms with Crippen molar-refractivity contribution in [2.24, 2.45) is 0 Å². The third-order valence-electron chi connectivity index (χ3n) is 2.86. The van der Waals surface area contributed by atoms with Crippen LogP contribution in [-0.4, -0.2) is 27.5 Å². The molecule has 1 atom stereocenters. The maximum atomic E-state index is 12.3. The number of methoxy groups -OCH3 is 1. The van der Waals surface area contributed by atoms with E-state index in [1.165, 1.54) is 25.3 Å². The number of carboxylic acid groups (broad SMARTS) is 1. The number of nitrogens with one attached hydrogen (secondary N) is 1. The first kappa shape index (κ1) is 17.2. The van der Waals surface area contributed by atoms with Gasteiger partial charge in [0, 0.05) is 6.04 Å². The highest BCUT2D eigenvalue weighted by Gasteiger charge is 2.21. The van der Waals surface area contributed by atoms with Crippen molar-refractivity contribution in [1.82, 2.24) is 4.72 Å². The second-order valence-corrected chi connectivity index (χ2v) is 6.18. The molecule has 21 heavy (non-hydrogen) atoms. The zero-order valence-corrected chi connectivity index (χ0v) is 12.9. The van der Waals surface area contributed by atoms with E-state index in [0.29, 0.717) is 12.0 Å². The van der Waals surface area contributed by atoms with Crippen LogP contribution in [0.2, 0.25) is 0 Å². The number of carbonyl (C=O) groups is 1. The minimum atomic E-state index is -3.75. The zero-order chi connectivity index (χ0) is 16.0. The number of carbonyl (C=O) groups excluding carboxylic acids is 1. The van der Waals surface area contributed by atoms with Crippen molar-refractivity contribution < 1.29 is 23.1 Å². The normalized spacial score (nSPS) is 13.3. The first-order chi connectivity index (χ1) is 9.80. The fourth-order valence-electron chi connectivity index (χ4n) is 1.58. The second kappa shape index (κ2) is 7.24. The summed E-state index contributed by atoms with van der Waals surface area (Å²) in [7, 11) is -2.38. The van der Waals surface area contributed by atoms with Crippen LogP contribution in [0.3, 0.4) is 0 Å². The molecule has 1 aromatic carbocycles. The van der Waals surface area contributed by atoms with Crippen LogP contribution in [0.25, 0.3) is 6.08 Å². The van der Waals surface area contributed by atoms with E-state index >= 15 is 0 Å². The van der Waals surface area contributed by atoms with E-state index in [2.05, 4.69) is 4.72 Å². The SMILES string of the molecule is CC[C@@H](C)NS(=O)(=O)c1cc(/C=C/C(=O)[O-])ccc1OC. The van der Waals surface area contributed by atoms with Crippen LogP contribution in [-0.2, 0) is 14.8 Å². The smallest absolute Gasteiger partial charge is 0.244 e. The highest BCUT2D eigenvalue weighted by Crippen LogP contribution is 2.25. The van der Waals surface area contributed by atoms with Crippen LogP contribution >= 0.6 is 0 Å². The number of benzene rings is 1. The molecule has 0 heterocycles. The maximum absolute atomic E-state index is 12.3. The highest BCUT2D eigenvalue weighted by molar-refractivity contribution is 7.89. The summed E-state index contributed by atoms with van der Waals surface area (Å²) in [5.74, 6) is -1.16. The summed E-state index contributed by atoms with van der Waals surface area (Å²) in [5.41, 5.74) is 0.421. The fraction of sp³-hybridized carbons (Fsp3) is 0.357. The van der Waals surface area contributed by atoms with Crippen molar-refractivity contribution in [3.63, 3.8) is 0 Å². The van der Waals surface area contributed by atoms with Crippen LogP contribution < -0.4 is 14.6 Å². The molecule has 0 aromatic heterocycles. The molecule has 0 amide bonds. The quantitative estimate of drug-likeness (QED) is 0.741. The molecule has 0 saturated heterocycles. The average Bonchev–Trinajstić information content (AvgIpc) is 2.44. The number of ether oxygens (including phenoxy) is 1. The Kier molecular flexibility index (Phi) is 5.92. The second-order valence-electron chi connectivity index (χ2n) is 4.49. The molecule has 0 bridgehead atoms. The van der Waals surface area contributed by atoms with Gasteiger partial charge in [-0.3, -0.25) is 0 Å². The van der Waals surface area contributed by atoms with Gasteiger partial charge in [-0.1, -0.05) is 19.1 Å². The Labute approximate surface area is 124 Å². The number of hydrogen-bond donors (Lipinski definition) is 1. The van der Waals surface area contributed by atoms with E-state index in [9.17, 15) is 18.3 Å². The van der Waals surface area contributed by atoms with Crippen LogP contribution in [0.4, 0.5) is 0 Å². The number of hydrogen-bond acceptors (Lipinski definition) is 5. The lowest BCUT2D eigenvalue weighted by Gasteiger charge is -2.15. The van der Waals surface area contributed by atoms with Gasteiger partial charge in [-0.25, -0.2) is 13.1 Å². The summed E-state index contributed by atoms with van der Waals surface area (Å²) in [4.78, 5) is 10.4. The molecule has 116 valence electrons. The lowest BCUT2D eigenvalue weighted by Crippen LogP contribution is -2.32. The molecule has 6 nitrogen and oxygen atoms in total. The van der Waals surface area contributed by atoms with Gasteiger partial charge in [-0.2, -0.15) is 0 Å². The maximum Gasteiger partial charge on any atom is 0.244 e. The van der Waals surface area contributed by atoms with Gasteiger partial charge >= 0.3 is 0 Å². The molecule has 0 fully saturated rings. The minimum absolute atomic E-state index is 0.0363. The number of carboxylic acids is 1. The van der Waals surface area contributed by atoms with Crippen LogP contribution in [0, 0.1) is 0 Å². The summed E-state index contributed by atoms with van der Waals surface area (Å²) in [5, 5.41) is 10.4. The van der Waals surface area contributed by atoms with Gasteiger partial charge in [0.25, 0.3) is 0 Å². The van der Waals surface area contributed by atoms with Gasteiger partial charge in [0.1, 0.15) is 10.6 Å². The lowest BCUT2D eigenvalue weighted by atomic mass is 10.2. The first-order valence-corrected chi connectivity index (χ1v) is 7.88. The van der Waals surface area contributed by atoms with E-state index in [1.807, 2.05) is 6.92 Å². The van der Waals surface area contributed by atoms with Crippen LogP contribution in [0.1, 0.15) is 25.8 Å². The number of sulfonamides is 1. The van der Waals surface area contributed by atoms with Gasteiger partial charge in [-0.15, -0.1) is 0 Å². The molecule has 0 aliphatic heterocycles. The Balaban J connectivity index is 3.25. The summed E-state index contributed by atoms with van der Waals surface area (Å²) in [6, 6.07) is 4.16. The standard InChI is InChI=1S/C14H19NO5S/c1-4-10(2)15-21(18,19)13-9-11(6-8-14(16)17)5-7-12(13)20-3/h5-10,15H,4H2,1-3H3,(H,16,17)/p-1/b8-6+/t10-/m1/s1. The van der Waals surface area contributed by atoms with Gasteiger partial charge in [0.05, 0.1) is 13.1 Å². The van der Waals surface area contributed by atoms with Gasteiger partial charge in [-0.05, 0) is 37.1 Å². The average molecular weight is 312 g/mol. The molecule has 0 aliphatic carbocycles. The number of rotatable bonds is 7. The van der Waals surface area contributed by atoms with Crippen molar-refractivity contribution in [3.8, 4) is 5.75 Å². The Bertz CT molecular complexity index is 637. The molecule has 1 N–H and O–H groups in total. The van der Waals surface area contributed by atoms with Crippen molar-refractivity contribution in [2.75, 3.05) is 7.11 Å². The summed E-state index contributed by atoms with van der Waals surface area (Å²) >= 11 is 0. The largest absolute Gasteiger partial charge is 0.545 e. The molecule has 0 radical (unpaired) electrons. The molecular weight excluding hydrogens is 294 g/mol. The summed E-state index contributed by atoms with van der Waals surface area (Å²) < 4.78 is 32.2. The molecule has 7 heteroatoms. The molecule has 0 aliphatic rings. The van der Waals surface area contributed by atoms with Crippen molar-refractivity contribution in [3.05, 3.63) is 29.8 Å². The van der Waals surface area contributed by atoms with E-state index in [4.69, 9.17) is 4.74 Å². The lowest BCUT2D eigenvalue weighted by molar-refractivity contribution is -0.297. The van der Waals surface area contributed by atoms with Crippen LogP contribution in [0.5, 0.6) is 5.75 Å². The van der Waals surface area contributed by atoms with Gasteiger partial charge in [0.15, 0.2) is 0 Å². The first-order valence-electron chi connectivity index (χ1n) is 6.39. The van der Waals surface area contributed by atoms with Crippen molar-refractivity contribution in [1.29, 1.82) is 0 Å². The monoisotopic (exact) mass is 312 g/mol. The molecule has 1 aromatic rings. The Morgan fingerprint density at radius 1 is 1.48 bits per heavy atom. The Hall–Kier alpha value is -1.86. The van der Waals surface area contributed by atoms with E-state index in [1.54, 1.807) is 13.0 Å². The van der Waals surface area contributed by atoms with E-state index < -0.39 is 16.0 Å². The predicted octanol–water partition coefficient (Wildman–Crippen LogP) is 0.535. The van der Waals surface area contributed by atoms with Crippen molar-refractivity contribution in [2.45, 2.75) is 31.2 Å². The van der Waals surface area contributed by atoms with Gasteiger partial charge in [0.2, 0.25) is 10.0 Å². The van der Waals surface area contributed by atoms with Crippen LogP contribution in [0.15, 0.2) is 29.2 Å². The number of aliphatic carboxylic acids is 1. The summed E-state index contributed by atoms with van der Waals surface area (Å²) in [6.07, 6.45) is 2.74. The van der Waals surface area contributed by atoms with Crippen molar-refractivity contribution >= 4 is 22.1 Å². The minimum Gasteiger partial charge on any atom is -0.545 e. The Morgan fingerprint density at radius 2 is 2.14 bits per heavy atom. The zero-order valence-electron chi connectivity index (χ0n) is 12.1. The molecular formula is C14H18NO5S-.